The van der Waals surface area contributed by atoms with Gasteiger partial charge in [-0.15, -0.1) is 10.2 Å². The Balaban J connectivity index is 1.73. The minimum absolute atomic E-state index is 0.0276. The summed E-state index contributed by atoms with van der Waals surface area (Å²) >= 11 is 0. The summed E-state index contributed by atoms with van der Waals surface area (Å²) in [7, 11) is 1.35. The summed E-state index contributed by atoms with van der Waals surface area (Å²) in [5.41, 5.74) is -0.469. The monoisotopic (exact) mass is 508 g/mol. The number of benzene rings is 1. The number of likely N-dealkylation sites (tertiary alicyclic amines) is 1. The number of ether oxygens (including phenoxy) is 1. The molecule has 1 saturated heterocycles. The molecule has 12 heteroatoms. The fourth-order valence-electron chi connectivity index (χ4n) is 4.30. The zero-order valence-electron chi connectivity index (χ0n) is 21.0. The molecular weight excluding hydrogens is 477 g/mol. The lowest BCUT2D eigenvalue weighted by Gasteiger charge is -2.44. The third kappa shape index (κ3) is 6.61. The highest BCUT2D eigenvalue weighted by molar-refractivity contribution is 5.92. The van der Waals surface area contributed by atoms with Crippen molar-refractivity contribution >= 4 is 18.1 Å². The summed E-state index contributed by atoms with van der Waals surface area (Å²) in [4.78, 5) is 29.7. The minimum atomic E-state index is -4.51. The number of halogens is 3. The summed E-state index contributed by atoms with van der Waals surface area (Å²) in [5, 5.41) is 11.6. The van der Waals surface area contributed by atoms with E-state index in [1.54, 1.807) is 16.7 Å². The molecule has 0 bridgehead atoms. The molecule has 2 amide bonds. The van der Waals surface area contributed by atoms with Crippen molar-refractivity contribution in [3.8, 4) is 0 Å². The van der Waals surface area contributed by atoms with E-state index in [9.17, 15) is 22.8 Å². The summed E-state index contributed by atoms with van der Waals surface area (Å²) < 4.78 is 44.8. The van der Waals surface area contributed by atoms with Gasteiger partial charge in [0, 0.05) is 30.7 Å². The van der Waals surface area contributed by atoms with Gasteiger partial charge in [0.05, 0.1) is 19.2 Å². The highest BCUT2D eigenvalue weighted by atomic mass is 19.4. The van der Waals surface area contributed by atoms with Gasteiger partial charge in [0.25, 0.3) is 0 Å². The fourth-order valence-corrected chi connectivity index (χ4v) is 4.30. The summed E-state index contributed by atoms with van der Waals surface area (Å²) in [6, 6.07) is 3.27. The topological polar surface area (TPSA) is 93.5 Å². The van der Waals surface area contributed by atoms with Crippen LogP contribution in [0, 0.1) is 6.92 Å². The molecule has 9 nitrogen and oxygen atoms in total. The lowest BCUT2D eigenvalue weighted by Crippen LogP contribution is -2.55. The van der Waals surface area contributed by atoms with Gasteiger partial charge in [-0.2, -0.15) is 18.0 Å². The van der Waals surface area contributed by atoms with Crippen LogP contribution in [0.5, 0.6) is 0 Å². The van der Waals surface area contributed by atoms with E-state index >= 15 is 0 Å². The van der Waals surface area contributed by atoms with E-state index < -0.39 is 23.4 Å². The Bertz CT molecular complexity index is 1120. The summed E-state index contributed by atoms with van der Waals surface area (Å²) in [5.74, 6) is 0.143. The molecule has 1 fully saturated rings. The smallest absolute Gasteiger partial charge is 0.416 e. The van der Waals surface area contributed by atoms with E-state index in [1.807, 2.05) is 20.8 Å². The maximum atomic E-state index is 13.3. The van der Waals surface area contributed by atoms with E-state index in [1.165, 1.54) is 30.1 Å². The molecule has 196 valence electrons. The van der Waals surface area contributed by atoms with Crippen molar-refractivity contribution in [2.45, 2.75) is 64.8 Å². The first-order valence-electron chi connectivity index (χ1n) is 11.6. The zero-order chi connectivity index (χ0) is 26.7. The van der Waals surface area contributed by atoms with Crippen LogP contribution in [0.4, 0.5) is 18.0 Å². The van der Waals surface area contributed by atoms with Crippen molar-refractivity contribution in [3.63, 3.8) is 0 Å². The van der Waals surface area contributed by atoms with Crippen molar-refractivity contribution in [1.29, 1.82) is 0 Å². The number of amides is 2. The third-order valence-corrected chi connectivity index (χ3v) is 5.98. The lowest BCUT2D eigenvalue weighted by atomic mass is 9.96. The predicted octanol–water partition coefficient (Wildman–Crippen LogP) is 3.92. The Morgan fingerprint density at radius 3 is 2.39 bits per heavy atom. The number of aryl methyl sites for hydroxylation is 1. The van der Waals surface area contributed by atoms with Gasteiger partial charge < -0.3 is 14.5 Å². The molecule has 0 aliphatic carbocycles. The number of hydrogen-bond donors (Lipinski definition) is 0. The van der Waals surface area contributed by atoms with Crippen LogP contribution in [0.1, 0.15) is 56.1 Å². The van der Waals surface area contributed by atoms with Crippen molar-refractivity contribution in [2.75, 3.05) is 20.2 Å². The molecule has 0 N–H and O–H groups in total. The number of methoxy groups -OCH3 is 1. The summed E-state index contributed by atoms with van der Waals surface area (Å²) in [6.07, 6.45) is -0.866. The first-order chi connectivity index (χ1) is 16.8. The van der Waals surface area contributed by atoms with E-state index in [4.69, 9.17) is 4.74 Å². The summed E-state index contributed by atoms with van der Waals surface area (Å²) in [6.45, 7) is 8.29. The van der Waals surface area contributed by atoms with Gasteiger partial charge in [0.2, 0.25) is 5.91 Å². The molecule has 2 heterocycles. The second-order valence-corrected chi connectivity index (χ2v) is 9.68. The minimum Gasteiger partial charge on any atom is -0.453 e. The van der Waals surface area contributed by atoms with Gasteiger partial charge in [-0.1, -0.05) is 6.07 Å². The molecule has 3 rings (SSSR count). The maximum Gasteiger partial charge on any atom is 0.416 e. The van der Waals surface area contributed by atoms with Crippen LogP contribution in [0.2, 0.25) is 0 Å². The SMILES string of the molecule is COC(=O)N(C1CCN(C(=O)/C=C/c2ccc(C(F)(F)F)cc2Cn2nnc(C)n2)CC1)C(C)(C)C. The Kier molecular flexibility index (Phi) is 8.05. The number of alkyl halides is 3. The van der Waals surface area contributed by atoms with Crippen LogP contribution in [-0.4, -0.2) is 73.8 Å². The predicted molar refractivity (Wildman–Crippen MR) is 126 cm³/mol. The molecule has 0 unspecified atom stereocenters. The van der Waals surface area contributed by atoms with E-state index in [2.05, 4.69) is 15.4 Å². The number of carbonyl (C=O) groups is 2. The van der Waals surface area contributed by atoms with Crippen LogP contribution in [0.25, 0.3) is 6.08 Å². The molecule has 36 heavy (non-hydrogen) atoms. The Labute approximate surface area is 207 Å². The Morgan fingerprint density at radius 1 is 1.19 bits per heavy atom. The standard InChI is InChI=1S/C24H31F3N6O3/c1-16-28-30-32(29-16)15-18-14-19(24(25,26)27)8-6-17(18)7-9-21(34)31-12-10-20(11-13-31)33(22(35)36-5)23(2,3)4/h6-9,14,20H,10-13,15H2,1-5H3/b9-7+. The Morgan fingerprint density at radius 2 is 1.86 bits per heavy atom. The second kappa shape index (κ2) is 10.7. The number of rotatable bonds is 5. The van der Waals surface area contributed by atoms with Gasteiger partial charge in [-0.3, -0.25) is 4.79 Å². The van der Waals surface area contributed by atoms with E-state index in [0.29, 0.717) is 42.9 Å². The third-order valence-electron chi connectivity index (χ3n) is 5.98. The fraction of sp³-hybridized carbons (Fsp3) is 0.542. The number of aromatic nitrogens is 4. The number of nitrogens with zero attached hydrogens (tertiary/aromatic N) is 6. The quantitative estimate of drug-likeness (QED) is 0.569. The number of hydrogen-bond acceptors (Lipinski definition) is 6. The van der Waals surface area contributed by atoms with Crippen LogP contribution < -0.4 is 0 Å². The van der Waals surface area contributed by atoms with Crippen molar-refractivity contribution in [3.05, 3.63) is 46.8 Å². The van der Waals surface area contributed by atoms with Crippen molar-refractivity contribution < 1.29 is 27.5 Å². The Hall–Kier alpha value is -3.44. The molecule has 1 aliphatic rings. The number of piperidine rings is 1. The van der Waals surface area contributed by atoms with Crippen molar-refractivity contribution in [2.24, 2.45) is 0 Å². The van der Waals surface area contributed by atoms with Crippen LogP contribution in [0.15, 0.2) is 24.3 Å². The van der Waals surface area contributed by atoms with E-state index in [0.717, 1.165) is 12.1 Å². The van der Waals surface area contributed by atoms with Crippen LogP contribution in [0.3, 0.4) is 0 Å². The van der Waals surface area contributed by atoms with Crippen molar-refractivity contribution in [1.82, 2.24) is 30.0 Å². The van der Waals surface area contributed by atoms with E-state index in [-0.39, 0.29) is 18.5 Å². The van der Waals surface area contributed by atoms with Gasteiger partial charge in [-0.25, -0.2) is 4.79 Å². The molecule has 1 aromatic heterocycles. The second-order valence-electron chi connectivity index (χ2n) is 9.68. The molecule has 0 atom stereocenters. The molecular formula is C24H31F3N6O3. The van der Waals surface area contributed by atoms with Gasteiger partial charge >= 0.3 is 12.3 Å². The average Bonchev–Trinajstić information content (AvgIpc) is 3.21. The normalized spacial score (nSPS) is 15.4. The largest absolute Gasteiger partial charge is 0.453 e. The number of tetrazole rings is 1. The molecule has 1 aliphatic heterocycles. The molecule has 0 radical (unpaired) electrons. The molecule has 0 spiro atoms. The van der Waals surface area contributed by atoms with Gasteiger partial charge in [0.1, 0.15) is 0 Å². The maximum absolute atomic E-state index is 13.3. The number of carbonyl (C=O) groups excluding carboxylic acids is 2. The van der Waals surface area contributed by atoms with Gasteiger partial charge in [-0.05, 0) is 75.1 Å². The highest BCUT2D eigenvalue weighted by Crippen LogP contribution is 2.31. The zero-order valence-corrected chi connectivity index (χ0v) is 21.0. The molecule has 0 saturated carbocycles. The molecule has 1 aromatic carbocycles. The first kappa shape index (κ1) is 27.2. The molecule has 2 aromatic rings. The lowest BCUT2D eigenvalue weighted by molar-refractivity contribution is -0.137. The van der Waals surface area contributed by atoms with Gasteiger partial charge in [0.15, 0.2) is 5.82 Å². The first-order valence-corrected chi connectivity index (χ1v) is 11.6. The highest BCUT2D eigenvalue weighted by Gasteiger charge is 2.36. The average molecular weight is 509 g/mol. The van der Waals surface area contributed by atoms with Crippen LogP contribution >= 0.6 is 0 Å². The van der Waals surface area contributed by atoms with Crippen LogP contribution in [-0.2, 0) is 22.3 Å².